The van der Waals surface area contributed by atoms with Crippen LogP contribution in [0.2, 0.25) is 0 Å². The molecule has 2 aromatic rings. The van der Waals surface area contributed by atoms with Gasteiger partial charge in [-0.1, -0.05) is 74.0 Å². The van der Waals surface area contributed by atoms with Gasteiger partial charge >= 0.3 is 0 Å². The van der Waals surface area contributed by atoms with E-state index in [1.165, 1.54) is 5.56 Å². The molecule has 1 aliphatic heterocycles. The lowest BCUT2D eigenvalue weighted by Crippen LogP contribution is -2.42. The first-order valence-corrected chi connectivity index (χ1v) is 8.82. The van der Waals surface area contributed by atoms with Crippen LogP contribution in [0.25, 0.3) is 0 Å². The number of rotatable bonds is 6. The molecular weight excluding hydrogens is 296 g/mol. The highest BCUT2D eigenvalue weighted by atomic mass is 16.3. The summed E-state index contributed by atoms with van der Waals surface area (Å²) in [7, 11) is 0. The van der Waals surface area contributed by atoms with Gasteiger partial charge in [-0.15, -0.1) is 0 Å². The van der Waals surface area contributed by atoms with E-state index >= 15 is 0 Å². The fraction of sp³-hybridized carbons (Fsp3) is 0.381. The number of hydrogen-bond acceptors (Lipinski definition) is 3. The predicted octanol–water partition coefficient (Wildman–Crippen LogP) is 4.04. The van der Waals surface area contributed by atoms with Crippen LogP contribution in [0.4, 0.5) is 0 Å². The Morgan fingerprint density at radius 1 is 1.04 bits per heavy atom. The molecule has 0 saturated carbocycles. The third-order valence-corrected chi connectivity index (χ3v) is 4.81. The molecule has 0 aliphatic carbocycles. The molecule has 3 nitrogen and oxygen atoms in total. The second kappa shape index (κ2) is 7.73. The number of aliphatic hydroxyl groups excluding tert-OH is 1. The first kappa shape index (κ1) is 16.9. The van der Waals surface area contributed by atoms with Gasteiger partial charge in [0.1, 0.15) is 6.17 Å². The fourth-order valence-corrected chi connectivity index (χ4v) is 3.66. The summed E-state index contributed by atoms with van der Waals surface area (Å²) in [5.41, 5.74) is 3.46. The summed E-state index contributed by atoms with van der Waals surface area (Å²) in [4.78, 5) is 7.41. The molecule has 0 unspecified atom stereocenters. The quantitative estimate of drug-likeness (QED) is 0.871. The second-order valence-corrected chi connectivity index (χ2v) is 6.38. The maximum absolute atomic E-state index is 10.1. The molecule has 126 valence electrons. The molecule has 1 N–H and O–H groups in total. The maximum atomic E-state index is 10.1. The van der Waals surface area contributed by atoms with Crippen LogP contribution in [-0.4, -0.2) is 34.5 Å². The second-order valence-electron chi connectivity index (χ2n) is 6.38. The minimum absolute atomic E-state index is 0.0253. The van der Waals surface area contributed by atoms with Crippen molar-refractivity contribution >= 4 is 5.71 Å². The highest BCUT2D eigenvalue weighted by Crippen LogP contribution is 2.33. The Kier molecular flexibility index (Phi) is 5.44. The summed E-state index contributed by atoms with van der Waals surface area (Å²) < 4.78 is 0. The van der Waals surface area contributed by atoms with Crippen molar-refractivity contribution in [3.05, 3.63) is 71.8 Å². The largest absolute Gasteiger partial charge is 0.394 e. The van der Waals surface area contributed by atoms with Crippen LogP contribution in [0, 0.1) is 0 Å². The van der Waals surface area contributed by atoms with E-state index in [0.29, 0.717) is 0 Å². The molecular formula is C21H26N2O. The molecule has 1 aliphatic rings. The average Bonchev–Trinajstić information content (AvgIpc) is 2.95. The van der Waals surface area contributed by atoms with Gasteiger partial charge in [0.15, 0.2) is 0 Å². The number of benzene rings is 2. The lowest BCUT2D eigenvalue weighted by molar-refractivity contribution is 0.0812. The van der Waals surface area contributed by atoms with Crippen LogP contribution in [0.1, 0.15) is 43.9 Å². The molecule has 3 heteroatoms. The van der Waals surface area contributed by atoms with Crippen molar-refractivity contribution in [2.24, 2.45) is 4.99 Å². The Balaban J connectivity index is 1.95. The molecule has 0 radical (unpaired) electrons. The number of nitrogens with zero attached hydrogens (tertiary/aromatic N) is 2. The summed E-state index contributed by atoms with van der Waals surface area (Å²) in [6.07, 6.45) is 2.20. The zero-order valence-electron chi connectivity index (χ0n) is 14.5. The van der Waals surface area contributed by atoms with Gasteiger partial charge in [-0.25, -0.2) is 0 Å². The maximum Gasteiger partial charge on any atom is 0.103 e. The van der Waals surface area contributed by atoms with E-state index in [1.54, 1.807) is 0 Å². The zero-order chi connectivity index (χ0) is 16.9. The van der Waals surface area contributed by atoms with Crippen molar-refractivity contribution in [3.8, 4) is 0 Å². The molecule has 3 rings (SSSR count). The Morgan fingerprint density at radius 3 is 2.25 bits per heavy atom. The smallest absolute Gasteiger partial charge is 0.103 e. The van der Waals surface area contributed by atoms with Gasteiger partial charge in [0.2, 0.25) is 0 Å². The van der Waals surface area contributed by atoms with E-state index < -0.39 is 0 Å². The standard InChI is InChI=1S/C21H26N2O/c1-3-10-20-22-21(18-13-8-5-9-14-18)16(2)23(20)19(15-24)17-11-6-4-7-12-17/h4-9,11-14,16,19-20,24H,3,10,15H2,1-2H3/t16-,19+,20+/m1/s1. The summed E-state index contributed by atoms with van der Waals surface area (Å²) in [6.45, 7) is 4.49. The highest BCUT2D eigenvalue weighted by molar-refractivity contribution is 6.05. The highest BCUT2D eigenvalue weighted by Gasteiger charge is 2.38. The Morgan fingerprint density at radius 2 is 1.67 bits per heavy atom. The van der Waals surface area contributed by atoms with Gasteiger partial charge in [0, 0.05) is 0 Å². The molecule has 0 aromatic heterocycles. The monoisotopic (exact) mass is 322 g/mol. The molecule has 0 saturated heterocycles. The van der Waals surface area contributed by atoms with Crippen LogP contribution >= 0.6 is 0 Å². The molecule has 0 bridgehead atoms. The van der Waals surface area contributed by atoms with E-state index in [1.807, 2.05) is 24.3 Å². The van der Waals surface area contributed by atoms with E-state index in [-0.39, 0.29) is 24.9 Å². The predicted molar refractivity (Wildman–Crippen MR) is 99.2 cm³/mol. The fourth-order valence-electron chi connectivity index (χ4n) is 3.66. The third-order valence-electron chi connectivity index (χ3n) is 4.81. The van der Waals surface area contributed by atoms with Gasteiger partial charge in [0.25, 0.3) is 0 Å². The van der Waals surface area contributed by atoms with Crippen molar-refractivity contribution in [1.29, 1.82) is 0 Å². The van der Waals surface area contributed by atoms with Gasteiger partial charge in [-0.3, -0.25) is 9.89 Å². The normalized spacial score (nSPS) is 22.4. The van der Waals surface area contributed by atoms with E-state index in [2.05, 4.69) is 55.1 Å². The van der Waals surface area contributed by atoms with Crippen LogP contribution in [0.15, 0.2) is 65.7 Å². The van der Waals surface area contributed by atoms with Crippen molar-refractivity contribution < 1.29 is 5.11 Å². The molecule has 1 heterocycles. The minimum atomic E-state index is -0.0253. The minimum Gasteiger partial charge on any atom is -0.394 e. The van der Waals surface area contributed by atoms with Crippen LogP contribution < -0.4 is 0 Å². The molecule has 0 spiro atoms. The van der Waals surface area contributed by atoms with Gasteiger partial charge in [-0.05, 0) is 24.5 Å². The SMILES string of the molecule is CCC[C@H]1N=C(c2ccccc2)[C@@H](C)N1[C@@H](CO)c1ccccc1. The third kappa shape index (κ3) is 3.28. The molecule has 0 amide bonds. The lowest BCUT2D eigenvalue weighted by atomic mass is 10.00. The topological polar surface area (TPSA) is 35.8 Å². The van der Waals surface area contributed by atoms with Crippen LogP contribution in [0.5, 0.6) is 0 Å². The van der Waals surface area contributed by atoms with E-state index in [9.17, 15) is 5.11 Å². The number of aliphatic hydroxyl groups is 1. The van der Waals surface area contributed by atoms with Crippen LogP contribution in [-0.2, 0) is 0 Å². The van der Waals surface area contributed by atoms with Crippen molar-refractivity contribution in [2.45, 2.75) is 44.9 Å². The van der Waals surface area contributed by atoms with Crippen molar-refractivity contribution in [2.75, 3.05) is 6.61 Å². The summed E-state index contributed by atoms with van der Waals surface area (Å²) >= 11 is 0. The molecule has 2 aromatic carbocycles. The summed E-state index contributed by atoms with van der Waals surface area (Å²) in [5.74, 6) is 0. The van der Waals surface area contributed by atoms with Crippen molar-refractivity contribution in [1.82, 2.24) is 4.90 Å². The molecule has 24 heavy (non-hydrogen) atoms. The zero-order valence-corrected chi connectivity index (χ0v) is 14.5. The van der Waals surface area contributed by atoms with E-state index in [0.717, 1.165) is 24.1 Å². The van der Waals surface area contributed by atoms with Crippen molar-refractivity contribution in [3.63, 3.8) is 0 Å². The van der Waals surface area contributed by atoms with Gasteiger partial charge < -0.3 is 5.11 Å². The Bertz CT molecular complexity index is 669. The Labute approximate surface area is 144 Å². The molecule has 3 atom stereocenters. The van der Waals surface area contributed by atoms with Gasteiger partial charge in [0.05, 0.1) is 24.4 Å². The molecule has 0 fully saturated rings. The average molecular weight is 322 g/mol. The summed E-state index contributed by atoms with van der Waals surface area (Å²) in [6, 6.07) is 20.8. The summed E-state index contributed by atoms with van der Waals surface area (Å²) in [5, 5.41) is 10.1. The number of aliphatic imine (C=N–C) groups is 1. The van der Waals surface area contributed by atoms with E-state index in [4.69, 9.17) is 4.99 Å². The van der Waals surface area contributed by atoms with Crippen LogP contribution in [0.3, 0.4) is 0 Å². The first-order chi connectivity index (χ1) is 11.8. The Hall–Kier alpha value is -1.97. The van der Waals surface area contributed by atoms with Gasteiger partial charge in [-0.2, -0.15) is 0 Å². The number of hydrogen-bond donors (Lipinski definition) is 1. The first-order valence-electron chi connectivity index (χ1n) is 8.82. The lowest BCUT2D eigenvalue weighted by Gasteiger charge is -2.35.